The normalized spacial score (nSPS) is 11.9. The van der Waals surface area contributed by atoms with Crippen molar-refractivity contribution in [3.05, 3.63) is 125 Å². The zero-order valence-corrected chi connectivity index (χ0v) is 23.5. The molecular formula is C33H27N3O2S2. The molecule has 0 bridgehead atoms. The number of hydrogen-bond donors (Lipinski definition) is 2. The SMILES string of the molecule is CCn1c2ccccc2c2cc(NC(=O)C(Sc3cccc(NC(=O)c4cccs4)c3)c3ccccc3)ccc21. The van der Waals surface area contributed by atoms with E-state index in [2.05, 4.69) is 52.5 Å². The molecule has 0 radical (unpaired) electrons. The molecule has 5 nitrogen and oxygen atoms in total. The molecule has 0 aliphatic heterocycles. The van der Waals surface area contributed by atoms with Crippen LogP contribution in [-0.2, 0) is 11.3 Å². The van der Waals surface area contributed by atoms with Crippen molar-refractivity contribution in [3.63, 3.8) is 0 Å². The number of thioether (sulfide) groups is 1. The van der Waals surface area contributed by atoms with Crippen molar-refractivity contribution in [2.45, 2.75) is 23.6 Å². The van der Waals surface area contributed by atoms with Gasteiger partial charge in [-0.25, -0.2) is 0 Å². The number of fused-ring (bicyclic) bond motifs is 3. The van der Waals surface area contributed by atoms with E-state index in [4.69, 9.17) is 0 Å². The number of aryl methyl sites for hydroxylation is 1. The molecule has 0 fully saturated rings. The van der Waals surface area contributed by atoms with Gasteiger partial charge in [0.25, 0.3) is 5.91 Å². The standard InChI is InChI=1S/C33H27N3O2S2/c1-2-36-28-15-7-6-14-26(28)27-21-24(17-18-29(27)36)35-33(38)31(22-10-4-3-5-11-22)40-25-13-8-12-23(20-25)34-32(37)30-16-9-19-39-30/h3-21,31H,2H2,1H3,(H,34,37)(H,35,38). The monoisotopic (exact) mass is 561 g/mol. The molecule has 40 heavy (non-hydrogen) atoms. The Hall–Kier alpha value is -4.33. The van der Waals surface area contributed by atoms with E-state index in [-0.39, 0.29) is 11.8 Å². The molecule has 0 saturated carbocycles. The minimum absolute atomic E-state index is 0.109. The van der Waals surface area contributed by atoms with Gasteiger partial charge in [0.1, 0.15) is 5.25 Å². The van der Waals surface area contributed by atoms with Gasteiger partial charge in [0.2, 0.25) is 5.91 Å². The largest absolute Gasteiger partial charge is 0.341 e. The average molecular weight is 562 g/mol. The molecule has 1 unspecified atom stereocenters. The Morgan fingerprint density at radius 3 is 2.35 bits per heavy atom. The number of carbonyl (C=O) groups excluding carboxylic acids is 2. The zero-order valence-electron chi connectivity index (χ0n) is 21.8. The van der Waals surface area contributed by atoms with Crippen LogP contribution >= 0.6 is 23.1 Å². The predicted octanol–water partition coefficient (Wildman–Crippen LogP) is 8.60. The third-order valence-electron chi connectivity index (χ3n) is 6.79. The minimum atomic E-state index is -0.489. The second-order valence-electron chi connectivity index (χ2n) is 9.35. The number of rotatable bonds is 8. The second kappa shape index (κ2) is 11.4. The first-order valence-corrected chi connectivity index (χ1v) is 14.8. The lowest BCUT2D eigenvalue weighted by Gasteiger charge is -2.18. The van der Waals surface area contributed by atoms with E-state index in [1.807, 2.05) is 78.2 Å². The number of para-hydroxylation sites is 1. The van der Waals surface area contributed by atoms with Gasteiger partial charge in [-0.3, -0.25) is 9.59 Å². The van der Waals surface area contributed by atoms with Gasteiger partial charge < -0.3 is 15.2 Å². The van der Waals surface area contributed by atoms with Crippen LogP contribution in [0.1, 0.15) is 27.4 Å². The molecule has 0 aliphatic carbocycles. The number of nitrogens with zero attached hydrogens (tertiary/aromatic N) is 1. The minimum Gasteiger partial charge on any atom is -0.341 e. The van der Waals surface area contributed by atoms with Crippen LogP contribution in [0.5, 0.6) is 0 Å². The van der Waals surface area contributed by atoms with Crippen molar-refractivity contribution in [2.24, 2.45) is 0 Å². The highest BCUT2D eigenvalue weighted by Crippen LogP contribution is 2.38. The van der Waals surface area contributed by atoms with Crippen LogP contribution < -0.4 is 10.6 Å². The molecule has 198 valence electrons. The topological polar surface area (TPSA) is 63.1 Å². The number of nitrogens with one attached hydrogen (secondary N) is 2. The van der Waals surface area contributed by atoms with Crippen LogP contribution in [0.4, 0.5) is 11.4 Å². The smallest absolute Gasteiger partial charge is 0.265 e. The molecule has 2 aromatic heterocycles. The van der Waals surface area contributed by atoms with E-state index in [1.165, 1.54) is 34.0 Å². The number of anilines is 2. The van der Waals surface area contributed by atoms with Crippen molar-refractivity contribution in [1.29, 1.82) is 0 Å². The van der Waals surface area contributed by atoms with E-state index in [0.717, 1.165) is 33.6 Å². The fourth-order valence-corrected chi connectivity index (χ4v) is 6.67. The van der Waals surface area contributed by atoms with E-state index in [9.17, 15) is 9.59 Å². The summed E-state index contributed by atoms with van der Waals surface area (Å²) < 4.78 is 2.29. The van der Waals surface area contributed by atoms with Gasteiger partial charge in [-0.15, -0.1) is 23.1 Å². The summed E-state index contributed by atoms with van der Waals surface area (Å²) in [5, 5.41) is 9.81. The van der Waals surface area contributed by atoms with E-state index >= 15 is 0 Å². The molecule has 0 saturated heterocycles. The third-order valence-corrected chi connectivity index (χ3v) is 8.90. The maximum atomic E-state index is 13.8. The number of carbonyl (C=O) groups is 2. The molecule has 7 heteroatoms. The Bertz CT molecular complexity index is 1810. The quantitative estimate of drug-likeness (QED) is 0.183. The fraction of sp³-hybridized carbons (Fsp3) is 0.0909. The number of amides is 2. The summed E-state index contributed by atoms with van der Waals surface area (Å²) in [6.45, 7) is 3.02. The lowest BCUT2D eigenvalue weighted by molar-refractivity contribution is -0.115. The van der Waals surface area contributed by atoms with Crippen LogP contribution in [0.25, 0.3) is 21.8 Å². The van der Waals surface area contributed by atoms with Crippen molar-refractivity contribution in [2.75, 3.05) is 10.6 Å². The maximum Gasteiger partial charge on any atom is 0.265 e. The second-order valence-corrected chi connectivity index (χ2v) is 11.5. The Kier molecular flexibility index (Phi) is 7.40. The zero-order chi connectivity index (χ0) is 27.5. The van der Waals surface area contributed by atoms with Crippen LogP contribution in [-0.4, -0.2) is 16.4 Å². The molecule has 6 aromatic rings. The molecule has 6 rings (SSSR count). The third kappa shape index (κ3) is 5.26. The van der Waals surface area contributed by atoms with E-state index < -0.39 is 5.25 Å². The first-order valence-electron chi connectivity index (χ1n) is 13.1. The fourth-order valence-electron chi connectivity index (χ4n) is 4.96. The van der Waals surface area contributed by atoms with Gasteiger partial charge >= 0.3 is 0 Å². The molecule has 1 atom stereocenters. The van der Waals surface area contributed by atoms with Gasteiger partial charge in [-0.2, -0.15) is 0 Å². The molecule has 2 heterocycles. The number of thiophene rings is 1. The van der Waals surface area contributed by atoms with Crippen LogP contribution in [0.2, 0.25) is 0 Å². The summed E-state index contributed by atoms with van der Waals surface area (Å²) in [6, 6.07) is 35.5. The number of hydrogen-bond acceptors (Lipinski definition) is 4. The first kappa shape index (κ1) is 25.9. The highest BCUT2D eigenvalue weighted by atomic mass is 32.2. The number of benzene rings is 4. The first-order chi connectivity index (χ1) is 19.6. The Balaban J connectivity index is 1.27. The molecule has 2 amide bonds. The Labute approximate surface area is 240 Å². The van der Waals surface area contributed by atoms with Crippen molar-refractivity contribution < 1.29 is 9.59 Å². The van der Waals surface area contributed by atoms with Gasteiger partial charge in [0.15, 0.2) is 0 Å². The van der Waals surface area contributed by atoms with E-state index in [1.54, 1.807) is 6.07 Å². The number of aromatic nitrogens is 1. The van der Waals surface area contributed by atoms with Gasteiger partial charge in [0, 0.05) is 44.6 Å². The predicted molar refractivity (Wildman–Crippen MR) is 168 cm³/mol. The van der Waals surface area contributed by atoms with Crippen molar-refractivity contribution >= 4 is 68.1 Å². The molecule has 0 aliphatic rings. The lowest BCUT2D eigenvalue weighted by atomic mass is 10.1. The molecular weight excluding hydrogens is 535 g/mol. The lowest BCUT2D eigenvalue weighted by Crippen LogP contribution is -2.19. The summed E-state index contributed by atoms with van der Waals surface area (Å²) in [6.07, 6.45) is 0. The summed E-state index contributed by atoms with van der Waals surface area (Å²) in [7, 11) is 0. The highest BCUT2D eigenvalue weighted by molar-refractivity contribution is 8.00. The summed E-state index contributed by atoms with van der Waals surface area (Å²) in [5.74, 6) is -0.253. The van der Waals surface area contributed by atoms with Gasteiger partial charge in [0.05, 0.1) is 4.88 Å². The Morgan fingerprint density at radius 2 is 1.55 bits per heavy atom. The van der Waals surface area contributed by atoms with Gasteiger partial charge in [-0.1, -0.05) is 60.7 Å². The van der Waals surface area contributed by atoms with Crippen LogP contribution in [0, 0.1) is 0 Å². The summed E-state index contributed by atoms with van der Waals surface area (Å²) in [4.78, 5) is 27.9. The van der Waals surface area contributed by atoms with Crippen LogP contribution in [0.15, 0.2) is 119 Å². The maximum absolute atomic E-state index is 13.8. The highest BCUT2D eigenvalue weighted by Gasteiger charge is 2.23. The van der Waals surface area contributed by atoms with Crippen molar-refractivity contribution in [3.8, 4) is 0 Å². The van der Waals surface area contributed by atoms with Crippen molar-refractivity contribution in [1.82, 2.24) is 4.57 Å². The Morgan fingerprint density at radius 1 is 0.775 bits per heavy atom. The molecule has 4 aromatic carbocycles. The summed E-state index contributed by atoms with van der Waals surface area (Å²) in [5.41, 5.74) is 4.69. The summed E-state index contributed by atoms with van der Waals surface area (Å²) >= 11 is 2.86. The molecule has 2 N–H and O–H groups in total. The average Bonchev–Trinajstić information content (AvgIpc) is 3.63. The van der Waals surface area contributed by atoms with Gasteiger partial charge in [-0.05, 0) is 66.4 Å². The van der Waals surface area contributed by atoms with E-state index in [0.29, 0.717) is 10.6 Å². The van der Waals surface area contributed by atoms with Crippen LogP contribution in [0.3, 0.4) is 0 Å². The molecule has 0 spiro atoms.